The van der Waals surface area contributed by atoms with Crippen molar-refractivity contribution in [3.63, 3.8) is 0 Å². The molecule has 0 saturated carbocycles. The first-order valence-corrected chi connectivity index (χ1v) is 7.77. The molecule has 1 aromatic carbocycles. The molecular formula is C15H22Cl2N2O2. The molecule has 0 aromatic heterocycles. The Bertz CT molecular complexity index is 493. The molecule has 0 amide bonds. The zero-order valence-corrected chi connectivity index (χ0v) is 14.1. The molecule has 1 unspecified atom stereocenters. The van der Waals surface area contributed by atoms with Crippen LogP contribution < -0.4 is 5.32 Å². The van der Waals surface area contributed by atoms with Crippen molar-refractivity contribution in [1.82, 2.24) is 10.2 Å². The van der Waals surface area contributed by atoms with Crippen molar-refractivity contribution in [2.24, 2.45) is 0 Å². The summed E-state index contributed by atoms with van der Waals surface area (Å²) in [7, 11) is 0. The monoisotopic (exact) mass is 332 g/mol. The van der Waals surface area contributed by atoms with Gasteiger partial charge in [-0.2, -0.15) is 0 Å². The van der Waals surface area contributed by atoms with E-state index in [1.54, 1.807) is 25.1 Å². The van der Waals surface area contributed by atoms with E-state index in [1.165, 1.54) is 0 Å². The Labute approximate surface area is 136 Å². The summed E-state index contributed by atoms with van der Waals surface area (Å²) in [6.45, 7) is 8.94. The lowest BCUT2D eigenvalue weighted by atomic mass is 9.92. The van der Waals surface area contributed by atoms with Crippen LogP contribution in [0.4, 0.5) is 0 Å². The zero-order chi connectivity index (χ0) is 16.0. The Balaban J connectivity index is 2.94. The van der Waals surface area contributed by atoms with Crippen LogP contribution in [0.25, 0.3) is 0 Å². The van der Waals surface area contributed by atoms with Gasteiger partial charge in [-0.3, -0.25) is 5.32 Å². The number of nitrogens with zero attached hydrogens (tertiary/aromatic N) is 1. The molecule has 21 heavy (non-hydrogen) atoms. The second-order valence-corrected chi connectivity index (χ2v) is 5.77. The Kier molecular flexibility index (Phi) is 6.94. The molecular weight excluding hydrogens is 311 g/mol. The van der Waals surface area contributed by atoms with Crippen molar-refractivity contribution in [3.05, 3.63) is 33.8 Å². The predicted octanol–water partition coefficient (Wildman–Crippen LogP) is 3.22. The standard InChI is InChI=1S/C15H22Cl2N2O2/c1-4-19(5-2)10-9-18-15(3,14(20)21)11-7-6-8-12(16)13(11)17/h6-8,18H,4-5,9-10H2,1-3H3,(H,20,21). The van der Waals surface area contributed by atoms with Gasteiger partial charge in [0.15, 0.2) is 0 Å². The fourth-order valence-corrected chi connectivity index (χ4v) is 2.67. The summed E-state index contributed by atoms with van der Waals surface area (Å²) in [6, 6.07) is 5.04. The predicted molar refractivity (Wildman–Crippen MR) is 87.2 cm³/mol. The third-order valence-corrected chi connectivity index (χ3v) is 4.54. The molecule has 0 heterocycles. The number of carbonyl (C=O) groups is 1. The number of carboxylic acids is 1. The molecule has 0 spiro atoms. The minimum atomic E-state index is -1.27. The highest BCUT2D eigenvalue weighted by Gasteiger charge is 2.36. The Morgan fingerprint density at radius 3 is 2.48 bits per heavy atom. The smallest absolute Gasteiger partial charge is 0.328 e. The second kappa shape index (κ2) is 7.99. The molecule has 0 radical (unpaired) electrons. The van der Waals surface area contributed by atoms with E-state index in [0.717, 1.165) is 19.6 Å². The number of halogens is 2. The van der Waals surface area contributed by atoms with Crippen molar-refractivity contribution in [2.45, 2.75) is 26.3 Å². The van der Waals surface area contributed by atoms with E-state index in [-0.39, 0.29) is 5.02 Å². The average molecular weight is 333 g/mol. The van der Waals surface area contributed by atoms with Gasteiger partial charge < -0.3 is 10.0 Å². The molecule has 0 aliphatic heterocycles. The van der Waals surface area contributed by atoms with Crippen LogP contribution in [0.1, 0.15) is 26.3 Å². The molecule has 4 nitrogen and oxygen atoms in total. The van der Waals surface area contributed by atoms with Crippen LogP contribution in [0.15, 0.2) is 18.2 Å². The summed E-state index contributed by atoms with van der Waals surface area (Å²) in [5, 5.41) is 13.3. The first-order valence-electron chi connectivity index (χ1n) is 7.02. The number of nitrogens with one attached hydrogen (secondary N) is 1. The number of benzene rings is 1. The van der Waals surface area contributed by atoms with Gasteiger partial charge in [0.1, 0.15) is 5.54 Å². The van der Waals surface area contributed by atoms with Gasteiger partial charge in [0.05, 0.1) is 10.0 Å². The largest absolute Gasteiger partial charge is 0.480 e. The van der Waals surface area contributed by atoms with E-state index in [2.05, 4.69) is 24.1 Å². The van der Waals surface area contributed by atoms with Crippen LogP contribution in [-0.2, 0) is 10.3 Å². The van der Waals surface area contributed by atoms with Gasteiger partial charge in [-0.1, -0.05) is 49.2 Å². The summed E-state index contributed by atoms with van der Waals surface area (Å²) in [5.74, 6) is -0.980. The van der Waals surface area contributed by atoms with Crippen LogP contribution in [0, 0.1) is 0 Å². The fraction of sp³-hybridized carbons (Fsp3) is 0.533. The summed E-state index contributed by atoms with van der Waals surface area (Å²) in [4.78, 5) is 13.9. The van der Waals surface area contributed by atoms with Gasteiger partial charge in [-0.25, -0.2) is 4.79 Å². The molecule has 0 bridgehead atoms. The normalized spacial score (nSPS) is 14.2. The van der Waals surface area contributed by atoms with Crippen LogP contribution in [0.2, 0.25) is 10.0 Å². The minimum Gasteiger partial charge on any atom is -0.480 e. The zero-order valence-electron chi connectivity index (χ0n) is 12.6. The van der Waals surface area contributed by atoms with Crippen LogP contribution >= 0.6 is 23.2 Å². The van der Waals surface area contributed by atoms with Gasteiger partial charge in [0, 0.05) is 18.7 Å². The van der Waals surface area contributed by atoms with E-state index in [0.29, 0.717) is 17.1 Å². The second-order valence-electron chi connectivity index (χ2n) is 4.99. The van der Waals surface area contributed by atoms with Crippen LogP contribution in [-0.4, -0.2) is 42.2 Å². The molecule has 1 atom stereocenters. The maximum Gasteiger partial charge on any atom is 0.328 e. The van der Waals surface area contributed by atoms with Crippen LogP contribution in [0.5, 0.6) is 0 Å². The van der Waals surface area contributed by atoms with Gasteiger partial charge in [-0.05, 0) is 26.1 Å². The van der Waals surface area contributed by atoms with Crippen molar-refractivity contribution >= 4 is 29.2 Å². The van der Waals surface area contributed by atoms with E-state index < -0.39 is 11.5 Å². The van der Waals surface area contributed by atoms with Gasteiger partial charge in [-0.15, -0.1) is 0 Å². The molecule has 0 saturated heterocycles. The summed E-state index contributed by atoms with van der Waals surface area (Å²) in [6.07, 6.45) is 0. The topological polar surface area (TPSA) is 52.6 Å². The molecule has 118 valence electrons. The van der Waals surface area contributed by atoms with Gasteiger partial charge in [0.2, 0.25) is 0 Å². The van der Waals surface area contributed by atoms with E-state index >= 15 is 0 Å². The van der Waals surface area contributed by atoms with Gasteiger partial charge in [0.25, 0.3) is 0 Å². The minimum absolute atomic E-state index is 0.277. The summed E-state index contributed by atoms with van der Waals surface area (Å²) < 4.78 is 0. The number of rotatable bonds is 8. The number of carboxylic acid groups (broad SMARTS) is 1. The van der Waals surface area contributed by atoms with Gasteiger partial charge >= 0.3 is 5.97 Å². The van der Waals surface area contributed by atoms with Crippen molar-refractivity contribution < 1.29 is 9.90 Å². The lowest BCUT2D eigenvalue weighted by Crippen LogP contribution is -2.49. The van der Waals surface area contributed by atoms with Crippen molar-refractivity contribution in [3.8, 4) is 0 Å². The van der Waals surface area contributed by atoms with Crippen LogP contribution in [0.3, 0.4) is 0 Å². The molecule has 1 rings (SSSR count). The van der Waals surface area contributed by atoms with E-state index in [1.807, 2.05) is 0 Å². The third-order valence-electron chi connectivity index (χ3n) is 3.72. The maximum atomic E-state index is 11.7. The summed E-state index contributed by atoms with van der Waals surface area (Å²) >= 11 is 12.2. The SMILES string of the molecule is CCN(CC)CCNC(C)(C(=O)O)c1cccc(Cl)c1Cl. The molecule has 1 aromatic rings. The molecule has 0 fully saturated rings. The summed E-state index contributed by atoms with van der Waals surface area (Å²) in [5.41, 5.74) is -0.793. The Morgan fingerprint density at radius 1 is 1.33 bits per heavy atom. The maximum absolute atomic E-state index is 11.7. The molecule has 0 aliphatic rings. The highest BCUT2D eigenvalue weighted by molar-refractivity contribution is 6.42. The quantitative estimate of drug-likeness (QED) is 0.767. The number of likely N-dealkylation sites (N-methyl/N-ethyl adjacent to an activating group) is 1. The molecule has 0 aliphatic carbocycles. The highest BCUT2D eigenvalue weighted by atomic mass is 35.5. The lowest BCUT2D eigenvalue weighted by molar-refractivity contribution is -0.144. The Morgan fingerprint density at radius 2 is 1.95 bits per heavy atom. The Hall–Kier alpha value is -0.810. The van der Waals surface area contributed by atoms with E-state index in [4.69, 9.17) is 23.2 Å². The first-order chi connectivity index (χ1) is 9.86. The first kappa shape index (κ1) is 18.2. The number of aliphatic carboxylic acids is 1. The van der Waals surface area contributed by atoms with Crippen molar-refractivity contribution in [1.29, 1.82) is 0 Å². The van der Waals surface area contributed by atoms with E-state index in [9.17, 15) is 9.90 Å². The third kappa shape index (κ3) is 4.33. The average Bonchev–Trinajstić information content (AvgIpc) is 2.46. The fourth-order valence-electron chi connectivity index (χ4n) is 2.18. The molecule has 6 heteroatoms. The highest BCUT2D eigenvalue weighted by Crippen LogP contribution is 2.33. The molecule has 2 N–H and O–H groups in total. The van der Waals surface area contributed by atoms with Crippen molar-refractivity contribution in [2.75, 3.05) is 26.2 Å². The number of hydrogen-bond acceptors (Lipinski definition) is 3. The lowest BCUT2D eigenvalue weighted by Gasteiger charge is -2.29. The number of hydrogen-bond donors (Lipinski definition) is 2.